The molecule has 0 aromatic heterocycles. The van der Waals surface area contributed by atoms with Crippen molar-refractivity contribution in [3.05, 3.63) is 23.5 Å². The number of nitrogens with two attached hydrogens (primary N) is 2. The topological polar surface area (TPSA) is 90.4 Å². The van der Waals surface area contributed by atoms with E-state index in [4.69, 9.17) is 16.2 Å². The first-order valence-corrected chi connectivity index (χ1v) is 6.24. The molecule has 2 unspecified atom stereocenters. The monoisotopic (exact) mass is 267 g/mol. The fraction of sp³-hybridized carbons (Fsp3) is 0.462. The van der Waals surface area contributed by atoms with Crippen LogP contribution in [0.25, 0.3) is 0 Å². The zero-order chi connectivity index (χ0) is 14.0. The molecule has 1 fully saturated rings. The summed E-state index contributed by atoms with van der Waals surface area (Å²) in [6.45, 7) is 2.61. The van der Waals surface area contributed by atoms with Gasteiger partial charge >= 0.3 is 0 Å². The zero-order valence-corrected chi connectivity index (χ0v) is 10.8. The van der Waals surface area contributed by atoms with Gasteiger partial charge in [-0.3, -0.25) is 4.79 Å². The van der Waals surface area contributed by atoms with Gasteiger partial charge < -0.3 is 21.5 Å². The summed E-state index contributed by atoms with van der Waals surface area (Å²) in [6.07, 6.45) is 1.72. The molecule has 0 saturated carbocycles. The Kier molecular flexibility index (Phi) is 3.90. The van der Waals surface area contributed by atoms with Crippen LogP contribution in [-0.4, -0.2) is 24.7 Å². The van der Waals surface area contributed by atoms with Gasteiger partial charge in [-0.2, -0.15) is 0 Å². The molecule has 104 valence electrons. The van der Waals surface area contributed by atoms with Crippen LogP contribution in [0.1, 0.15) is 30.1 Å². The number of hydrogen-bond donors (Lipinski definition) is 3. The molecule has 19 heavy (non-hydrogen) atoms. The number of halogens is 1. The number of amides is 1. The van der Waals surface area contributed by atoms with Gasteiger partial charge in [-0.25, -0.2) is 4.39 Å². The first-order chi connectivity index (χ1) is 8.97. The summed E-state index contributed by atoms with van der Waals surface area (Å²) < 4.78 is 19.2. The summed E-state index contributed by atoms with van der Waals surface area (Å²) in [5.74, 6) is -1.15. The minimum absolute atomic E-state index is 0.0518. The molecule has 1 saturated heterocycles. The molecular formula is C13H18FN3O2. The summed E-state index contributed by atoms with van der Waals surface area (Å²) in [5, 5.41) is 3.08. The Balaban J connectivity index is 2.19. The molecule has 2 rings (SSSR count). The van der Waals surface area contributed by atoms with E-state index in [9.17, 15) is 9.18 Å². The van der Waals surface area contributed by atoms with Gasteiger partial charge in [0.25, 0.3) is 5.91 Å². The average Bonchev–Trinajstić information content (AvgIpc) is 2.32. The lowest BCUT2D eigenvalue weighted by atomic mass is 10.0. The van der Waals surface area contributed by atoms with Gasteiger partial charge in [-0.15, -0.1) is 0 Å². The number of nitrogen functional groups attached to an aromatic ring is 1. The quantitative estimate of drug-likeness (QED) is 0.724. The van der Waals surface area contributed by atoms with Gasteiger partial charge in [0, 0.05) is 18.3 Å². The highest BCUT2D eigenvalue weighted by Crippen LogP contribution is 2.25. The third kappa shape index (κ3) is 3.14. The highest BCUT2D eigenvalue weighted by Gasteiger charge is 2.21. The molecule has 0 aliphatic carbocycles. The van der Waals surface area contributed by atoms with E-state index in [2.05, 4.69) is 5.32 Å². The molecule has 1 aromatic rings. The van der Waals surface area contributed by atoms with Crippen molar-refractivity contribution in [1.82, 2.24) is 0 Å². The third-order valence-electron chi connectivity index (χ3n) is 3.25. The van der Waals surface area contributed by atoms with Crippen molar-refractivity contribution in [2.75, 3.05) is 17.7 Å². The van der Waals surface area contributed by atoms with Crippen molar-refractivity contribution in [3.8, 4) is 0 Å². The number of nitrogens with one attached hydrogen (secondary N) is 1. The Morgan fingerprint density at radius 1 is 1.53 bits per heavy atom. The minimum atomic E-state index is -0.666. The normalized spacial score (nSPS) is 23.1. The minimum Gasteiger partial charge on any atom is -0.398 e. The van der Waals surface area contributed by atoms with E-state index in [0.717, 1.165) is 18.9 Å². The van der Waals surface area contributed by atoms with Crippen LogP contribution in [0.3, 0.4) is 0 Å². The molecule has 0 spiro atoms. The van der Waals surface area contributed by atoms with Crippen molar-refractivity contribution in [3.63, 3.8) is 0 Å². The van der Waals surface area contributed by atoms with E-state index >= 15 is 0 Å². The lowest BCUT2D eigenvalue weighted by molar-refractivity contribution is 0.0232. The Morgan fingerprint density at radius 2 is 2.26 bits per heavy atom. The van der Waals surface area contributed by atoms with Gasteiger partial charge in [0.2, 0.25) is 0 Å². The summed E-state index contributed by atoms with van der Waals surface area (Å²) in [5.41, 5.74) is 11.2. The number of benzene rings is 1. The number of ether oxygens (including phenoxy) is 1. The molecule has 0 bridgehead atoms. The number of carbonyl (C=O) groups excluding carboxylic acids is 1. The van der Waals surface area contributed by atoms with Crippen LogP contribution in [0.5, 0.6) is 0 Å². The Labute approximate surface area is 111 Å². The van der Waals surface area contributed by atoms with Crippen molar-refractivity contribution in [1.29, 1.82) is 0 Å². The highest BCUT2D eigenvalue weighted by atomic mass is 19.1. The molecule has 2 atom stereocenters. The van der Waals surface area contributed by atoms with Gasteiger partial charge in [0.15, 0.2) is 0 Å². The van der Waals surface area contributed by atoms with Gasteiger partial charge in [0.1, 0.15) is 5.82 Å². The SMILES string of the molecule is CC1CC(Nc2cc(C(N)=O)c(N)cc2F)CCO1. The first kappa shape index (κ1) is 13.6. The highest BCUT2D eigenvalue weighted by molar-refractivity contribution is 5.99. The molecule has 1 heterocycles. The molecule has 1 aliphatic rings. The van der Waals surface area contributed by atoms with Crippen LogP contribution in [0.15, 0.2) is 12.1 Å². The molecule has 1 aliphatic heterocycles. The van der Waals surface area contributed by atoms with E-state index in [1.165, 1.54) is 6.07 Å². The summed E-state index contributed by atoms with van der Waals surface area (Å²) in [6, 6.07) is 2.60. The molecule has 5 N–H and O–H groups in total. The maximum Gasteiger partial charge on any atom is 0.250 e. The Morgan fingerprint density at radius 3 is 2.89 bits per heavy atom. The molecule has 6 heteroatoms. The van der Waals surface area contributed by atoms with E-state index in [1.54, 1.807) is 0 Å². The van der Waals surface area contributed by atoms with Crippen molar-refractivity contribution in [2.24, 2.45) is 5.73 Å². The maximum absolute atomic E-state index is 13.8. The largest absolute Gasteiger partial charge is 0.398 e. The van der Waals surface area contributed by atoms with Crippen LogP contribution in [0.2, 0.25) is 0 Å². The van der Waals surface area contributed by atoms with Crippen LogP contribution in [0.4, 0.5) is 15.8 Å². The molecular weight excluding hydrogens is 249 g/mol. The predicted octanol–water partition coefficient (Wildman–Crippen LogP) is 1.49. The van der Waals surface area contributed by atoms with Crippen molar-refractivity contribution in [2.45, 2.75) is 31.9 Å². The second-order valence-electron chi connectivity index (χ2n) is 4.83. The molecule has 0 radical (unpaired) electrons. The number of hydrogen-bond acceptors (Lipinski definition) is 4. The number of primary amides is 1. The summed E-state index contributed by atoms with van der Waals surface area (Å²) in [7, 11) is 0. The summed E-state index contributed by atoms with van der Waals surface area (Å²) in [4.78, 5) is 11.2. The van der Waals surface area contributed by atoms with E-state index < -0.39 is 11.7 Å². The van der Waals surface area contributed by atoms with E-state index in [0.29, 0.717) is 6.61 Å². The number of rotatable bonds is 3. The van der Waals surface area contributed by atoms with Gasteiger partial charge in [0.05, 0.1) is 17.4 Å². The Bertz CT molecular complexity index is 493. The van der Waals surface area contributed by atoms with Gasteiger partial charge in [-0.1, -0.05) is 0 Å². The summed E-state index contributed by atoms with van der Waals surface area (Å²) >= 11 is 0. The van der Waals surface area contributed by atoms with Crippen LogP contribution >= 0.6 is 0 Å². The smallest absolute Gasteiger partial charge is 0.250 e. The number of anilines is 2. The Hall–Kier alpha value is -1.82. The standard InChI is InChI=1S/C13H18FN3O2/c1-7-4-8(2-3-19-7)17-12-5-9(13(16)18)11(15)6-10(12)14/h5-8,17H,2-4,15H2,1H3,(H2,16,18). The average molecular weight is 267 g/mol. The second-order valence-corrected chi connectivity index (χ2v) is 4.83. The maximum atomic E-state index is 13.8. The molecule has 1 aromatic carbocycles. The zero-order valence-electron chi connectivity index (χ0n) is 10.8. The van der Waals surface area contributed by atoms with Crippen LogP contribution in [-0.2, 0) is 4.74 Å². The van der Waals surface area contributed by atoms with Crippen LogP contribution in [0, 0.1) is 5.82 Å². The fourth-order valence-electron chi connectivity index (χ4n) is 2.26. The van der Waals surface area contributed by atoms with Crippen molar-refractivity contribution >= 4 is 17.3 Å². The lowest BCUT2D eigenvalue weighted by Gasteiger charge is -2.29. The van der Waals surface area contributed by atoms with Crippen molar-refractivity contribution < 1.29 is 13.9 Å². The second kappa shape index (κ2) is 5.44. The molecule has 1 amide bonds. The first-order valence-electron chi connectivity index (χ1n) is 6.24. The lowest BCUT2D eigenvalue weighted by Crippen LogP contribution is -2.32. The van der Waals surface area contributed by atoms with Crippen LogP contribution < -0.4 is 16.8 Å². The molecule has 5 nitrogen and oxygen atoms in total. The van der Waals surface area contributed by atoms with Gasteiger partial charge in [-0.05, 0) is 31.9 Å². The number of carbonyl (C=O) groups is 1. The third-order valence-corrected chi connectivity index (χ3v) is 3.25. The van der Waals surface area contributed by atoms with E-state index in [-0.39, 0.29) is 29.1 Å². The van der Waals surface area contributed by atoms with E-state index in [1.807, 2.05) is 6.92 Å². The fourth-order valence-corrected chi connectivity index (χ4v) is 2.26. The predicted molar refractivity (Wildman–Crippen MR) is 71.4 cm³/mol.